The minimum Gasteiger partial charge on any atom is -0.335 e. The van der Waals surface area contributed by atoms with Gasteiger partial charge in [0.25, 0.3) is 0 Å². The third-order valence-corrected chi connectivity index (χ3v) is 2.62. The van der Waals surface area contributed by atoms with E-state index < -0.39 is 0 Å². The molecule has 68 valence electrons. The number of rotatable bonds is 5. The van der Waals surface area contributed by atoms with Crippen molar-refractivity contribution in [1.82, 2.24) is 9.55 Å². The van der Waals surface area contributed by atoms with E-state index in [0.717, 1.165) is 30.4 Å². The van der Waals surface area contributed by atoms with Crippen LogP contribution in [0.25, 0.3) is 0 Å². The van der Waals surface area contributed by atoms with Gasteiger partial charge in [-0.15, -0.1) is 0 Å². The molecule has 1 heterocycles. The van der Waals surface area contributed by atoms with Crippen molar-refractivity contribution in [2.45, 2.75) is 19.2 Å². The van der Waals surface area contributed by atoms with Gasteiger partial charge in [-0.25, -0.2) is 4.98 Å². The van der Waals surface area contributed by atoms with Crippen LogP contribution in [0.2, 0.25) is 0 Å². The highest BCUT2D eigenvalue weighted by atomic mass is 32.2. The molecule has 0 fully saturated rings. The third-order valence-electron chi connectivity index (χ3n) is 1.64. The van der Waals surface area contributed by atoms with E-state index in [2.05, 4.69) is 16.5 Å². The van der Waals surface area contributed by atoms with Crippen molar-refractivity contribution < 1.29 is 0 Å². The Morgan fingerprint density at radius 2 is 2.50 bits per heavy atom. The summed E-state index contributed by atoms with van der Waals surface area (Å²) in [4.78, 5) is 4.26. The van der Waals surface area contributed by atoms with Crippen LogP contribution in [0.5, 0.6) is 0 Å². The summed E-state index contributed by atoms with van der Waals surface area (Å²) in [6.45, 7) is 3.87. The van der Waals surface area contributed by atoms with Crippen LogP contribution in [0.1, 0.15) is 12.7 Å². The number of hydrogen-bond acceptors (Lipinski definition) is 3. The van der Waals surface area contributed by atoms with Crippen LogP contribution in [0.3, 0.4) is 0 Å². The van der Waals surface area contributed by atoms with E-state index in [9.17, 15) is 0 Å². The Morgan fingerprint density at radius 3 is 3.17 bits per heavy atom. The predicted molar refractivity (Wildman–Crippen MR) is 53.1 cm³/mol. The van der Waals surface area contributed by atoms with Crippen LogP contribution in [-0.4, -0.2) is 21.8 Å². The second kappa shape index (κ2) is 5.22. The van der Waals surface area contributed by atoms with Crippen molar-refractivity contribution in [1.29, 1.82) is 0 Å². The van der Waals surface area contributed by atoms with E-state index in [1.165, 1.54) is 0 Å². The Bertz CT molecular complexity index is 222. The standard InChI is InChI=1S/C8H15N3S/c1-2-11-5-4-10-8(11)7-12-6-3-9/h4-5H,2-3,6-7,9H2,1H3. The van der Waals surface area contributed by atoms with Gasteiger partial charge in [-0.2, -0.15) is 11.8 Å². The summed E-state index contributed by atoms with van der Waals surface area (Å²) in [5.74, 6) is 3.13. The highest BCUT2D eigenvalue weighted by Crippen LogP contribution is 2.09. The van der Waals surface area contributed by atoms with Gasteiger partial charge in [-0.1, -0.05) is 0 Å². The molecule has 12 heavy (non-hydrogen) atoms. The fourth-order valence-corrected chi connectivity index (χ4v) is 1.75. The molecular weight excluding hydrogens is 170 g/mol. The SMILES string of the molecule is CCn1ccnc1CSCCN. The molecule has 0 unspecified atom stereocenters. The van der Waals surface area contributed by atoms with E-state index in [1.807, 2.05) is 24.2 Å². The summed E-state index contributed by atoms with van der Waals surface area (Å²) in [5.41, 5.74) is 5.39. The van der Waals surface area contributed by atoms with Gasteiger partial charge in [0.05, 0.1) is 5.75 Å². The van der Waals surface area contributed by atoms with Crippen LogP contribution < -0.4 is 5.73 Å². The van der Waals surface area contributed by atoms with Crippen LogP contribution in [-0.2, 0) is 12.3 Å². The van der Waals surface area contributed by atoms with E-state index in [-0.39, 0.29) is 0 Å². The van der Waals surface area contributed by atoms with Crippen LogP contribution in [0.15, 0.2) is 12.4 Å². The fraction of sp³-hybridized carbons (Fsp3) is 0.625. The second-order valence-electron chi connectivity index (χ2n) is 2.47. The van der Waals surface area contributed by atoms with Gasteiger partial charge in [0.15, 0.2) is 0 Å². The van der Waals surface area contributed by atoms with Gasteiger partial charge in [0, 0.05) is 31.2 Å². The molecule has 0 aliphatic rings. The van der Waals surface area contributed by atoms with Crippen LogP contribution in [0.4, 0.5) is 0 Å². The van der Waals surface area contributed by atoms with Crippen molar-refractivity contribution in [2.75, 3.05) is 12.3 Å². The Morgan fingerprint density at radius 1 is 1.67 bits per heavy atom. The smallest absolute Gasteiger partial charge is 0.118 e. The molecule has 3 nitrogen and oxygen atoms in total. The minimum absolute atomic E-state index is 0.748. The molecule has 0 atom stereocenters. The summed E-state index contributed by atoms with van der Waals surface area (Å²) in [7, 11) is 0. The lowest BCUT2D eigenvalue weighted by Gasteiger charge is -2.02. The largest absolute Gasteiger partial charge is 0.335 e. The van der Waals surface area contributed by atoms with E-state index in [4.69, 9.17) is 5.73 Å². The zero-order valence-electron chi connectivity index (χ0n) is 7.36. The van der Waals surface area contributed by atoms with Gasteiger partial charge in [-0.3, -0.25) is 0 Å². The van der Waals surface area contributed by atoms with Crippen molar-refractivity contribution >= 4 is 11.8 Å². The lowest BCUT2D eigenvalue weighted by Crippen LogP contribution is -2.03. The van der Waals surface area contributed by atoms with Crippen molar-refractivity contribution in [3.63, 3.8) is 0 Å². The van der Waals surface area contributed by atoms with Crippen molar-refractivity contribution in [3.8, 4) is 0 Å². The quantitative estimate of drug-likeness (QED) is 0.698. The molecule has 0 aromatic carbocycles. The van der Waals surface area contributed by atoms with E-state index >= 15 is 0 Å². The molecule has 0 aliphatic carbocycles. The Hall–Kier alpha value is -0.480. The average molecular weight is 185 g/mol. The molecule has 1 aromatic rings. The molecule has 2 N–H and O–H groups in total. The highest BCUT2D eigenvalue weighted by Gasteiger charge is 1.99. The number of nitrogens with two attached hydrogens (primary N) is 1. The molecule has 1 aromatic heterocycles. The third kappa shape index (κ3) is 2.53. The van der Waals surface area contributed by atoms with Gasteiger partial charge in [0.1, 0.15) is 5.82 Å². The number of hydrogen-bond donors (Lipinski definition) is 1. The molecule has 0 bridgehead atoms. The molecule has 0 radical (unpaired) electrons. The maximum Gasteiger partial charge on any atom is 0.118 e. The first-order valence-electron chi connectivity index (χ1n) is 4.16. The van der Waals surface area contributed by atoms with Gasteiger partial charge in [-0.05, 0) is 6.92 Å². The molecule has 0 aliphatic heterocycles. The van der Waals surface area contributed by atoms with Crippen molar-refractivity contribution in [2.24, 2.45) is 5.73 Å². The first-order chi connectivity index (χ1) is 5.88. The van der Waals surface area contributed by atoms with Crippen LogP contribution >= 0.6 is 11.8 Å². The first kappa shape index (κ1) is 9.61. The lowest BCUT2D eigenvalue weighted by atomic mass is 10.6. The maximum absolute atomic E-state index is 5.39. The number of thioether (sulfide) groups is 1. The number of imidazole rings is 1. The van der Waals surface area contributed by atoms with Gasteiger partial charge < -0.3 is 10.3 Å². The minimum atomic E-state index is 0.748. The Kier molecular flexibility index (Phi) is 4.18. The summed E-state index contributed by atoms with van der Waals surface area (Å²) in [5, 5.41) is 0. The normalized spacial score (nSPS) is 10.5. The Labute approximate surface area is 77.4 Å². The number of aromatic nitrogens is 2. The second-order valence-corrected chi connectivity index (χ2v) is 3.58. The monoisotopic (exact) mass is 185 g/mol. The van der Waals surface area contributed by atoms with E-state index in [1.54, 1.807) is 0 Å². The molecule has 4 heteroatoms. The highest BCUT2D eigenvalue weighted by molar-refractivity contribution is 7.98. The summed E-state index contributed by atoms with van der Waals surface area (Å²) in [6.07, 6.45) is 3.86. The number of nitrogens with zero attached hydrogens (tertiary/aromatic N) is 2. The molecule has 0 amide bonds. The van der Waals surface area contributed by atoms with Crippen molar-refractivity contribution in [3.05, 3.63) is 18.2 Å². The lowest BCUT2D eigenvalue weighted by molar-refractivity contribution is 0.725. The number of aryl methyl sites for hydroxylation is 1. The average Bonchev–Trinajstić information content (AvgIpc) is 2.52. The summed E-state index contributed by atoms with van der Waals surface area (Å²) >= 11 is 1.83. The first-order valence-corrected chi connectivity index (χ1v) is 5.31. The molecule has 0 spiro atoms. The summed E-state index contributed by atoms with van der Waals surface area (Å²) < 4.78 is 2.16. The maximum atomic E-state index is 5.39. The zero-order valence-corrected chi connectivity index (χ0v) is 8.18. The molecular formula is C8H15N3S. The van der Waals surface area contributed by atoms with Gasteiger partial charge >= 0.3 is 0 Å². The Balaban J connectivity index is 2.39. The predicted octanol–water partition coefficient (Wildman–Crippen LogP) is 1.09. The summed E-state index contributed by atoms with van der Waals surface area (Å²) in [6, 6.07) is 0. The van der Waals surface area contributed by atoms with E-state index in [0.29, 0.717) is 0 Å². The molecule has 1 rings (SSSR count). The fourth-order valence-electron chi connectivity index (χ4n) is 1.01. The topological polar surface area (TPSA) is 43.8 Å². The van der Waals surface area contributed by atoms with Gasteiger partial charge in [0.2, 0.25) is 0 Å². The van der Waals surface area contributed by atoms with Crippen LogP contribution in [0, 0.1) is 0 Å². The molecule has 0 saturated carbocycles. The molecule has 0 saturated heterocycles. The zero-order chi connectivity index (χ0) is 8.81.